The van der Waals surface area contributed by atoms with E-state index in [4.69, 9.17) is 4.74 Å². The Morgan fingerprint density at radius 1 is 1.33 bits per heavy atom. The molecule has 1 atom stereocenters. The quantitative estimate of drug-likeness (QED) is 0.849. The molecule has 2 aromatic rings. The summed E-state index contributed by atoms with van der Waals surface area (Å²) >= 11 is 0. The fourth-order valence-electron chi connectivity index (χ4n) is 2.37. The van der Waals surface area contributed by atoms with E-state index in [-0.39, 0.29) is 12.1 Å². The molecule has 0 aliphatic rings. The topological polar surface area (TPSA) is 39.1 Å². The van der Waals surface area contributed by atoms with E-state index in [1.165, 1.54) is 5.56 Å². The molecular weight excluding hydrogens is 262 g/mol. The normalized spacial score (nSPS) is 12.6. The van der Waals surface area contributed by atoms with Gasteiger partial charge in [0, 0.05) is 7.05 Å². The molecule has 0 fully saturated rings. The lowest BCUT2D eigenvalue weighted by atomic mass is 10.0. The number of rotatable bonds is 7. The smallest absolute Gasteiger partial charge is 0.120 e. The molecule has 0 saturated heterocycles. The molecule has 0 aliphatic heterocycles. The fraction of sp³-hybridized carbons (Fsp3) is 0.471. The van der Waals surface area contributed by atoms with Crippen LogP contribution in [0.25, 0.3) is 0 Å². The third-order valence-corrected chi connectivity index (χ3v) is 3.31. The Bertz CT molecular complexity index is 563. The number of benzene rings is 1. The molecule has 1 heterocycles. The first-order chi connectivity index (χ1) is 10.1. The van der Waals surface area contributed by atoms with Crippen molar-refractivity contribution < 1.29 is 4.74 Å². The predicted octanol–water partition coefficient (Wildman–Crippen LogP) is 3.30. The first-order valence-corrected chi connectivity index (χ1v) is 7.58. The molecule has 1 aromatic heterocycles. The molecule has 0 amide bonds. The third-order valence-electron chi connectivity index (χ3n) is 3.31. The summed E-state index contributed by atoms with van der Waals surface area (Å²) in [5.41, 5.74) is 2.36. The third kappa shape index (κ3) is 4.08. The SMILES string of the molecule is CCCNC(c1cccc(OC(C)C)c1)c1cncn1C. The minimum Gasteiger partial charge on any atom is -0.491 e. The lowest BCUT2D eigenvalue weighted by Gasteiger charge is -2.20. The van der Waals surface area contributed by atoms with Crippen molar-refractivity contribution in [1.29, 1.82) is 0 Å². The highest BCUT2D eigenvalue weighted by Gasteiger charge is 2.17. The van der Waals surface area contributed by atoms with Crippen molar-refractivity contribution >= 4 is 0 Å². The number of ether oxygens (including phenoxy) is 1. The van der Waals surface area contributed by atoms with Gasteiger partial charge in [0.2, 0.25) is 0 Å². The summed E-state index contributed by atoms with van der Waals surface area (Å²) in [4.78, 5) is 4.24. The Morgan fingerprint density at radius 3 is 2.76 bits per heavy atom. The zero-order valence-corrected chi connectivity index (χ0v) is 13.3. The van der Waals surface area contributed by atoms with E-state index in [9.17, 15) is 0 Å². The van der Waals surface area contributed by atoms with E-state index in [1.54, 1.807) is 0 Å². The Kier molecular flexibility index (Phi) is 5.39. The summed E-state index contributed by atoms with van der Waals surface area (Å²) in [6.45, 7) is 7.22. The summed E-state index contributed by atoms with van der Waals surface area (Å²) in [5, 5.41) is 3.59. The van der Waals surface area contributed by atoms with Crippen molar-refractivity contribution in [1.82, 2.24) is 14.9 Å². The largest absolute Gasteiger partial charge is 0.491 e. The summed E-state index contributed by atoms with van der Waals surface area (Å²) in [6.07, 6.45) is 5.03. The highest BCUT2D eigenvalue weighted by Crippen LogP contribution is 2.25. The summed E-state index contributed by atoms with van der Waals surface area (Å²) in [5.74, 6) is 0.910. The van der Waals surface area contributed by atoms with Crippen LogP contribution in [-0.2, 0) is 7.05 Å². The molecule has 1 N–H and O–H groups in total. The van der Waals surface area contributed by atoms with E-state index in [1.807, 2.05) is 45.6 Å². The van der Waals surface area contributed by atoms with Gasteiger partial charge in [-0.15, -0.1) is 0 Å². The summed E-state index contributed by atoms with van der Waals surface area (Å²) < 4.78 is 7.87. The molecular formula is C17H25N3O. The zero-order valence-electron chi connectivity index (χ0n) is 13.3. The van der Waals surface area contributed by atoms with Gasteiger partial charge < -0.3 is 14.6 Å². The molecule has 2 rings (SSSR count). The van der Waals surface area contributed by atoms with Crippen molar-refractivity contribution in [2.24, 2.45) is 7.05 Å². The number of aromatic nitrogens is 2. The van der Waals surface area contributed by atoms with Gasteiger partial charge in [0.15, 0.2) is 0 Å². The minimum atomic E-state index is 0.133. The number of hydrogen-bond acceptors (Lipinski definition) is 3. The van der Waals surface area contributed by atoms with E-state index in [2.05, 4.69) is 33.9 Å². The number of hydrogen-bond donors (Lipinski definition) is 1. The van der Waals surface area contributed by atoms with E-state index in [0.29, 0.717) is 0 Å². The van der Waals surface area contributed by atoms with Gasteiger partial charge >= 0.3 is 0 Å². The molecule has 1 aromatic carbocycles. The van der Waals surface area contributed by atoms with Crippen molar-refractivity contribution in [3.63, 3.8) is 0 Å². The standard InChI is InChI=1S/C17H25N3O/c1-5-9-19-17(16-11-18-12-20(16)4)14-7-6-8-15(10-14)21-13(2)3/h6-8,10-13,17,19H,5,9H2,1-4H3. The van der Waals surface area contributed by atoms with Gasteiger partial charge in [-0.2, -0.15) is 0 Å². The van der Waals surface area contributed by atoms with Crippen molar-refractivity contribution in [2.75, 3.05) is 6.54 Å². The van der Waals surface area contributed by atoms with E-state index < -0.39 is 0 Å². The average molecular weight is 287 g/mol. The van der Waals surface area contributed by atoms with Crippen LogP contribution in [0, 0.1) is 0 Å². The molecule has 4 heteroatoms. The molecule has 0 bridgehead atoms. The maximum Gasteiger partial charge on any atom is 0.120 e. The number of nitrogens with zero attached hydrogens (tertiary/aromatic N) is 2. The summed E-state index contributed by atoms with van der Waals surface area (Å²) in [7, 11) is 2.03. The fourth-order valence-corrected chi connectivity index (χ4v) is 2.37. The Balaban J connectivity index is 2.30. The summed E-state index contributed by atoms with van der Waals surface area (Å²) in [6, 6.07) is 8.43. The van der Waals surface area contributed by atoms with Gasteiger partial charge in [-0.05, 0) is 44.5 Å². The molecule has 0 radical (unpaired) electrons. The number of nitrogens with one attached hydrogen (secondary N) is 1. The molecule has 0 saturated carbocycles. The van der Waals surface area contributed by atoms with Gasteiger partial charge in [-0.3, -0.25) is 0 Å². The van der Waals surface area contributed by atoms with Gasteiger partial charge in [0.25, 0.3) is 0 Å². The van der Waals surface area contributed by atoms with Crippen molar-refractivity contribution in [2.45, 2.75) is 39.3 Å². The van der Waals surface area contributed by atoms with Crippen LogP contribution in [0.1, 0.15) is 44.5 Å². The maximum atomic E-state index is 5.81. The van der Waals surface area contributed by atoms with Crippen LogP contribution in [0.15, 0.2) is 36.8 Å². The molecule has 21 heavy (non-hydrogen) atoms. The molecule has 0 spiro atoms. The van der Waals surface area contributed by atoms with Crippen molar-refractivity contribution in [3.8, 4) is 5.75 Å². The lowest BCUT2D eigenvalue weighted by Crippen LogP contribution is -2.25. The average Bonchev–Trinajstić information content (AvgIpc) is 2.85. The van der Waals surface area contributed by atoms with Gasteiger partial charge in [-0.1, -0.05) is 19.1 Å². The highest BCUT2D eigenvalue weighted by molar-refractivity contribution is 5.34. The molecule has 0 aliphatic carbocycles. The second kappa shape index (κ2) is 7.27. The van der Waals surface area contributed by atoms with Crippen LogP contribution in [0.2, 0.25) is 0 Å². The van der Waals surface area contributed by atoms with Crippen molar-refractivity contribution in [3.05, 3.63) is 48.0 Å². The number of imidazole rings is 1. The lowest BCUT2D eigenvalue weighted by molar-refractivity contribution is 0.242. The van der Waals surface area contributed by atoms with E-state index >= 15 is 0 Å². The second-order valence-corrected chi connectivity index (χ2v) is 5.56. The first kappa shape index (κ1) is 15.6. The van der Waals surface area contributed by atoms with Gasteiger partial charge in [0.05, 0.1) is 30.4 Å². The Hall–Kier alpha value is -1.81. The zero-order chi connectivity index (χ0) is 15.2. The van der Waals surface area contributed by atoms with Crippen LogP contribution in [0.3, 0.4) is 0 Å². The maximum absolute atomic E-state index is 5.81. The van der Waals surface area contributed by atoms with Gasteiger partial charge in [0.1, 0.15) is 5.75 Å². The molecule has 1 unspecified atom stereocenters. The van der Waals surface area contributed by atoms with Gasteiger partial charge in [-0.25, -0.2) is 4.98 Å². The Morgan fingerprint density at radius 2 is 2.14 bits per heavy atom. The molecule has 114 valence electrons. The first-order valence-electron chi connectivity index (χ1n) is 7.58. The van der Waals surface area contributed by atoms with Crippen LogP contribution in [0.4, 0.5) is 0 Å². The van der Waals surface area contributed by atoms with Crippen LogP contribution in [0.5, 0.6) is 5.75 Å². The monoisotopic (exact) mass is 287 g/mol. The predicted molar refractivity (Wildman–Crippen MR) is 85.6 cm³/mol. The van der Waals surface area contributed by atoms with Crippen LogP contribution >= 0.6 is 0 Å². The van der Waals surface area contributed by atoms with Crippen LogP contribution in [-0.4, -0.2) is 22.2 Å². The number of aryl methyl sites for hydroxylation is 1. The minimum absolute atomic E-state index is 0.133. The Labute approximate surface area is 127 Å². The highest BCUT2D eigenvalue weighted by atomic mass is 16.5. The van der Waals surface area contributed by atoms with Crippen LogP contribution < -0.4 is 10.1 Å². The molecule has 4 nitrogen and oxygen atoms in total. The second-order valence-electron chi connectivity index (χ2n) is 5.56. The van der Waals surface area contributed by atoms with E-state index in [0.717, 1.165) is 24.4 Å².